The number of sulfone groups is 1. The van der Waals surface area contributed by atoms with Gasteiger partial charge in [0.25, 0.3) is 5.91 Å². The molecule has 0 aliphatic rings. The summed E-state index contributed by atoms with van der Waals surface area (Å²) in [7, 11) is -3.75. The van der Waals surface area contributed by atoms with E-state index >= 15 is 0 Å². The topological polar surface area (TPSA) is 109 Å². The van der Waals surface area contributed by atoms with Crippen LogP contribution in [0.15, 0.2) is 53.7 Å². The van der Waals surface area contributed by atoms with Gasteiger partial charge in [0.1, 0.15) is 24.8 Å². The van der Waals surface area contributed by atoms with Crippen LogP contribution in [-0.4, -0.2) is 43.5 Å². The van der Waals surface area contributed by atoms with Crippen molar-refractivity contribution in [1.29, 1.82) is 0 Å². The first kappa shape index (κ1) is 20.2. The molecule has 0 atom stereocenters. The molecule has 2 rings (SSSR count). The Kier molecular flexibility index (Phi) is 7.16. The molecule has 1 aromatic carbocycles. The van der Waals surface area contributed by atoms with E-state index in [1.807, 2.05) is 0 Å². The van der Waals surface area contributed by atoms with E-state index in [1.165, 1.54) is 34.9 Å². The van der Waals surface area contributed by atoms with Crippen LogP contribution in [0.3, 0.4) is 0 Å². The summed E-state index contributed by atoms with van der Waals surface area (Å²) in [6.45, 7) is 1.57. The molecule has 2 N–H and O–H groups in total. The van der Waals surface area contributed by atoms with Gasteiger partial charge in [0.05, 0.1) is 16.8 Å². The molecule has 0 saturated carbocycles. The Balaban J connectivity index is 2.19. The number of ether oxygens (including phenoxy) is 1. The number of nitrogens with zero attached hydrogens (tertiary/aromatic N) is 2. The highest BCUT2D eigenvalue weighted by atomic mass is 32.2. The van der Waals surface area contributed by atoms with Crippen LogP contribution in [0.4, 0.5) is 5.69 Å². The first-order valence-electron chi connectivity index (χ1n) is 7.89. The molecule has 0 fully saturated rings. The number of benzene rings is 1. The largest absolute Gasteiger partial charge is 0.481 e. The first-order chi connectivity index (χ1) is 13.0. The highest BCUT2D eigenvalue weighted by Gasteiger charge is 2.22. The average Bonchev–Trinajstić information content (AvgIpc) is 2.68. The highest BCUT2D eigenvalue weighted by molar-refractivity contribution is 7.91. The Morgan fingerprint density at radius 2 is 2.04 bits per heavy atom. The molecule has 0 aliphatic carbocycles. The van der Waals surface area contributed by atoms with Crippen molar-refractivity contribution in [3.05, 3.63) is 48.8 Å². The third-order valence-corrected chi connectivity index (χ3v) is 5.11. The van der Waals surface area contributed by atoms with Crippen molar-refractivity contribution in [1.82, 2.24) is 10.5 Å². The second kappa shape index (κ2) is 9.56. The zero-order valence-corrected chi connectivity index (χ0v) is 15.4. The van der Waals surface area contributed by atoms with Crippen molar-refractivity contribution in [3.63, 3.8) is 0 Å². The van der Waals surface area contributed by atoms with E-state index in [4.69, 9.17) is 9.94 Å². The van der Waals surface area contributed by atoms with Gasteiger partial charge in [-0.1, -0.05) is 5.92 Å². The second-order valence-electron chi connectivity index (χ2n) is 5.37. The number of amides is 1. The number of nitrogens with one attached hydrogen (secondary N) is 1. The van der Waals surface area contributed by atoms with E-state index in [-0.39, 0.29) is 18.0 Å². The quantitative estimate of drug-likeness (QED) is 0.397. The van der Waals surface area contributed by atoms with Crippen LogP contribution in [-0.2, 0) is 14.6 Å². The van der Waals surface area contributed by atoms with Crippen molar-refractivity contribution >= 4 is 21.4 Å². The van der Waals surface area contributed by atoms with Gasteiger partial charge >= 0.3 is 0 Å². The molecule has 0 spiro atoms. The van der Waals surface area contributed by atoms with Crippen molar-refractivity contribution in [3.8, 4) is 17.6 Å². The van der Waals surface area contributed by atoms with Crippen molar-refractivity contribution < 1.29 is 23.2 Å². The standard InChI is InChI=1S/C18H19N3O5S/c1-2-3-11-26-16-6-8-17(9-7-16)27(24,25)14-21(13-18(22)20-23)15-5-4-10-19-12-15/h4-10,12,23H,11,13-14H2,1H3,(H,20,22). The third kappa shape index (κ3) is 5.99. The molecular weight excluding hydrogens is 370 g/mol. The van der Waals surface area contributed by atoms with Crippen molar-refractivity contribution in [2.75, 3.05) is 23.9 Å². The fourth-order valence-corrected chi connectivity index (χ4v) is 3.53. The Morgan fingerprint density at radius 3 is 2.63 bits per heavy atom. The number of rotatable bonds is 8. The summed E-state index contributed by atoms with van der Waals surface area (Å²) in [5, 5.41) is 8.75. The minimum atomic E-state index is -3.75. The number of anilines is 1. The van der Waals surface area contributed by atoms with Crippen molar-refractivity contribution in [2.45, 2.75) is 11.8 Å². The second-order valence-corrected chi connectivity index (χ2v) is 7.33. The predicted molar refractivity (Wildman–Crippen MR) is 99.0 cm³/mol. The molecule has 0 bridgehead atoms. The van der Waals surface area contributed by atoms with Gasteiger partial charge in [-0.25, -0.2) is 13.9 Å². The fourth-order valence-electron chi connectivity index (χ4n) is 2.18. The molecule has 0 radical (unpaired) electrons. The Morgan fingerprint density at radius 1 is 1.30 bits per heavy atom. The SMILES string of the molecule is CC#CCOc1ccc(S(=O)(=O)CN(CC(=O)NO)c2cccnc2)cc1. The molecule has 0 aliphatic heterocycles. The van der Waals surface area contributed by atoms with Crippen LogP contribution in [0.5, 0.6) is 5.75 Å². The van der Waals surface area contributed by atoms with Gasteiger partial charge < -0.3 is 9.64 Å². The monoisotopic (exact) mass is 389 g/mol. The van der Waals surface area contributed by atoms with Gasteiger partial charge in [-0.05, 0) is 43.3 Å². The Labute approximate surface area is 157 Å². The maximum atomic E-state index is 12.7. The zero-order valence-electron chi connectivity index (χ0n) is 14.6. The number of hydroxylamine groups is 1. The predicted octanol–water partition coefficient (Wildman–Crippen LogP) is 1.23. The van der Waals surface area contributed by atoms with Crippen LogP contribution >= 0.6 is 0 Å². The van der Waals surface area contributed by atoms with E-state index in [9.17, 15) is 13.2 Å². The summed E-state index contributed by atoms with van der Waals surface area (Å²) in [5.74, 6) is 4.74. The molecule has 0 saturated heterocycles. The minimum Gasteiger partial charge on any atom is -0.481 e. The zero-order chi connectivity index (χ0) is 19.7. The molecule has 2 aromatic rings. The van der Waals surface area contributed by atoms with E-state index in [2.05, 4.69) is 16.8 Å². The normalized spacial score (nSPS) is 10.4. The van der Waals surface area contributed by atoms with Crippen LogP contribution in [0.2, 0.25) is 0 Å². The summed E-state index contributed by atoms with van der Waals surface area (Å²) < 4.78 is 30.8. The smallest absolute Gasteiger partial charge is 0.262 e. The number of aromatic nitrogens is 1. The third-order valence-electron chi connectivity index (χ3n) is 3.47. The van der Waals surface area contributed by atoms with E-state index in [0.717, 1.165) is 0 Å². The van der Waals surface area contributed by atoms with Gasteiger partial charge in [0, 0.05) is 6.20 Å². The Hall–Kier alpha value is -3.09. The van der Waals surface area contributed by atoms with Gasteiger partial charge in [0.15, 0.2) is 9.84 Å². The lowest BCUT2D eigenvalue weighted by atomic mass is 10.3. The number of carbonyl (C=O) groups is 1. The molecule has 142 valence electrons. The van der Waals surface area contributed by atoms with Crippen molar-refractivity contribution in [2.24, 2.45) is 0 Å². The number of hydrogen-bond donors (Lipinski definition) is 2. The number of hydrogen-bond acceptors (Lipinski definition) is 7. The molecule has 1 aromatic heterocycles. The maximum Gasteiger partial charge on any atom is 0.262 e. The molecule has 1 heterocycles. The average molecular weight is 389 g/mol. The number of pyridine rings is 1. The number of carbonyl (C=O) groups excluding carboxylic acids is 1. The van der Waals surface area contributed by atoms with E-state index in [1.54, 1.807) is 31.2 Å². The van der Waals surface area contributed by atoms with Crippen LogP contribution in [0, 0.1) is 11.8 Å². The van der Waals surface area contributed by atoms with Gasteiger partial charge in [-0.2, -0.15) is 0 Å². The van der Waals surface area contributed by atoms with Crippen LogP contribution < -0.4 is 15.1 Å². The summed E-state index contributed by atoms with van der Waals surface area (Å²) >= 11 is 0. The van der Waals surface area contributed by atoms with E-state index in [0.29, 0.717) is 11.4 Å². The lowest BCUT2D eigenvalue weighted by molar-refractivity contribution is -0.127. The molecule has 0 unspecified atom stereocenters. The molecule has 1 amide bonds. The lowest BCUT2D eigenvalue weighted by Gasteiger charge is -2.23. The molecule has 9 heteroatoms. The molecular formula is C18H19N3O5S. The van der Waals surface area contributed by atoms with Gasteiger partial charge in [-0.3, -0.25) is 15.0 Å². The van der Waals surface area contributed by atoms with Crippen LogP contribution in [0.25, 0.3) is 0 Å². The first-order valence-corrected chi connectivity index (χ1v) is 9.54. The minimum absolute atomic E-state index is 0.0784. The maximum absolute atomic E-state index is 12.7. The molecule has 8 nitrogen and oxygen atoms in total. The Bertz CT molecular complexity index is 919. The van der Waals surface area contributed by atoms with Gasteiger partial charge in [-0.15, -0.1) is 5.92 Å². The fraction of sp³-hybridized carbons (Fsp3) is 0.222. The lowest BCUT2D eigenvalue weighted by Crippen LogP contribution is -2.39. The summed E-state index contributed by atoms with van der Waals surface area (Å²) in [4.78, 5) is 16.9. The summed E-state index contributed by atoms with van der Waals surface area (Å²) in [6.07, 6.45) is 2.97. The summed E-state index contributed by atoms with van der Waals surface area (Å²) in [6, 6.07) is 9.18. The van der Waals surface area contributed by atoms with E-state index < -0.39 is 21.6 Å². The van der Waals surface area contributed by atoms with Crippen LogP contribution in [0.1, 0.15) is 6.92 Å². The molecule has 27 heavy (non-hydrogen) atoms. The summed E-state index contributed by atoms with van der Waals surface area (Å²) in [5.41, 5.74) is 1.93. The van der Waals surface area contributed by atoms with Gasteiger partial charge in [0.2, 0.25) is 0 Å². The highest BCUT2D eigenvalue weighted by Crippen LogP contribution is 2.20.